The molecule has 8 nitrogen and oxygen atoms in total. The van der Waals surface area contributed by atoms with Gasteiger partial charge in [-0.3, -0.25) is 14.5 Å². The summed E-state index contributed by atoms with van der Waals surface area (Å²) in [7, 11) is 2.44. The Morgan fingerprint density at radius 3 is 2.14 bits per heavy atom. The molecule has 0 aliphatic carbocycles. The summed E-state index contributed by atoms with van der Waals surface area (Å²) in [5.74, 6) is -3.92. The van der Waals surface area contributed by atoms with E-state index >= 15 is 0 Å². The molecule has 28 heavy (non-hydrogen) atoms. The van der Waals surface area contributed by atoms with Crippen molar-refractivity contribution in [2.24, 2.45) is 0 Å². The normalized spacial score (nSPS) is 20.9. The number of Topliss-reactive ketones (excluding diaryl/α,β-unsaturated/α-hetero) is 1. The first-order valence-electron chi connectivity index (χ1n) is 8.19. The molecule has 1 unspecified atom stereocenters. The molecule has 1 aliphatic heterocycles. The zero-order valence-corrected chi connectivity index (χ0v) is 15.1. The van der Waals surface area contributed by atoms with Crippen molar-refractivity contribution in [2.75, 3.05) is 19.1 Å². The average Bonchev–Trinajstić information content (AvgIpc) is 2.94. The molecule has 144 valence electrons. The minimum absolute atomic E-state index is 0.0444. The smallest absolute Gasteiger partial charge is 0.365 e. The Hall–Kier alpha value is -3.65. The second-order valence-electron chi connectivity index (χ2n) is 5.92. The van der Waals surface area contributed by atoms with Gasteiger partial charge in [0.1, 0.15) is 17.1 Å². The Morgan fingerprint density at radius 1 is 1.00 bits per heavy atom. The number of aliphatic hydroxyl groups is 2. The minimum Gasteiger partial charge on any atom is -0.507 e. The summed E-state index contributed by atoms with van der Waals surface area (Å²) in [6.07, 6.45) is 0. The molecular weight excluding hydrogens is 366 g/mol. The molecule has 0 saturated carbocycles. The molecular formula is C20H17NO7. The van der Waals surface area contributed by atoms with E-state index in [1.807, 2.05) is 0 Å². The summed E-state index contributed by atoms with van der Waals surface area (Å²) in [6.45, 7) is 0. The average molecular weight is 383 g/mol. The third kappa shape index (κ3) is 2.80. The van der Waals surface area contributed by atoms with Crippen LogP contribution in [0.2, 0.25) is 0 Å². The van der Waals surface area contributed by atoms with Crippen LogP contribution < -0.4 is 9.64 Å². The number of rotatable bonds is 4. The maximum atomic E-state index is 12.7. The van der Waals surface area contributed by atoms with Crippen LogP contribution in [0.3, 0.4) is 0 Å². The summed E-state index contributed by atoms with van der Waals surface area (Å²) in [5.41, 5.74) is -3.41. The molecule has 1 saturated heterocycles. The van der Waals surface area contributed by atoms with E-state index in [1.54, 1.807) is 18.2 Å². The maximum Gasteiger partial charge on any atom is 0.365 e. The second kappa shape index (κ2) is 7.16. The third-order valence-electron chi connectivity index (χ3n) is 4.38. The fourth-order valence-corrected chi connectivity index (χ4v) is 3.01. The zero-order chi connectivity index (χ0) is 20.5. The van der Waals surface area contributed by atoms with Crippen LogP contribution in [0.1, 0.15) is 5.56 Å². The maximum absolute atomic E-state index is 12.7. The number of carbonyl (C=O) groups excluding carboxylic acids is 3. The number of ketones is 1. The molecule has 1 aliphatic rings. The number of benzene rings is 2. The van der Waals surface area contributed by atoms with E-state index in [4.69, 9.17) is 4.74 Å². The predicted molar refractivity (Wildman–Crippen MR) is 98.4 cm³/mol. The number of esters is 1. The number of hydrogen-bond acceptors (Lipinski definition) is 7. The van der Waals surface area contributed by atoms with Gasteiger partial charge in [-0.05, 0) is 24.3 Å². The third-order valence-corrected chi connectivity index (χ3v) is 4.38. The van der Waals surface area contributed by atoms with Crippen molar-refractivity contribution in [2.45, 2.75) is 5.72 Å². The molecule has 0 radical (unpaired) electrons. The molecule has 1 heterocycles. The summed E-state index contributed by atoms with van der Waals surface area (Å²) >= 11 is 0. The van der Waals surface area contributed by atoms with Gasteiger partial charge in [-0.2, -0.15) is 0 Å². The topological polar surface area (TPSA) is 113 Å². The van der Waals surface area contributed by atoms with Crippen LogP contribution in [0.15, 0.2) is 60.2 Å². The van der Waals surface area contributed by atoms with E-state index in [2.05, 4.69) is 4.74 Å². The van der Waals surface area contributed by atoms with Crippen molar-refractivity contribution in [3.05, 3.63) is 65.7 Å². The molecule has 0 bridgehead atoms. The number of carbonyl (C=O) groups is 3. The first-order chi connectivity index (χ1) is 13.4. The molecule has 2 aromatic rings. The van der Waals surface area contributed by atoms with Gasteiger partial charge in [0.25, 0.3) is 11.5 Å². The first-order valence-corrected chi connectivity index (χ1v) is 8.19. The Labute approximate surface area is 160 Å². The lowest BCUT2D eigenvalue weighted by Gasteiger charge is -2.30. The highest BCUT2D eigenvalue weighted by atomic mass is 16.5. The van der Waals surface area contributed by atoms with Gasteiger partial charge in [0, 0.05) is 11.3 Å². The van der Waals surface area contributed by atoms with Crippen LogP contribution >= 0.6 is 0 Å². The first kappa shape index (κ1) is 19.1. The van der Waals surface area contributed by atoms with Crippen molar-refractivity contribution in [1.82, 2.24) is 0 Å². The van der Waals surface area contributed by atoms with E-state index in [0.717, 1.165) is 7.11 Å². The standard InChI is InChI=1S/C20H17NO7/c1-27-14-10-8-13(9-11-14)21-18(24)17(23)15(20(21,26)19(25)28-2)16(22)12-6-4-3-5-7-12/h3-11,22,26H,1-2H3. The summed E-state index contributed by atoms with van der Waals surface area (Å²) < 4.78 is 9.69. The van der Waals surface area contributed by atoms with Gasteiger partial charge in [0.15, 0.2) is 0 Å². The summed E-state index contributed by atoms with van der Waals surface area (Å²) in [4.78, 5) is 38.4. The van der Waals surface area contributed by atoms with Crippen LogP contribution in [-0.2, 0) is 19.1 Å². The van der Waals surface area contributed by atoms with Gasteiger partial charge in [-0.25, -0.2) is 4.79 Å². The van der Waals surface area contributed by atoms with Gasteiger partial charge in [0.2, 0.25) is 0 Å². The highest BCUT2D eigenvalue weighted by molar-refractivity contribution is 6.54. The molecule has 0 aromatic heterocycles. The van der Waals surface area contributed by atoms with Crippen LogP contribution in [0.4, 0.5) is 5.69 Å². The van der Waals surface area contributed by atoms with E-state index in [-0.39, 0.29) is 11.3 Å². The van der Waals surface area contributed by atoms with E-state index in [0.29, 0.717) is 10.6 Å². The van der Waals surface area contributed by atoms with Crippen LogP contribution in [0.5, 0.6) is 5.75 Å². The minimum atomic E-state index is -2.84. The van der Waals surface area contributed by atoms with E-state index in [9.17, 15) is 24.6 Å². The molecule has 0 spiro atoms. The summed E-state index contributed by atoms with van der Waals surface area (Å²) in [5, 5.41) is 21.8. The van der Waals surface area contributed by atoms with Gasteiger partial charge in [-0.15, -0.1) is 0 Å². The number of aliphatic hydroxyl groups excluding tert-OH is 1. The molecule has 1 fully saturated rings. The number of ether oxygens (including phenoxy) is 2. The zero-order valence-electron chi connectivity index (χ0n) is 15.1. The van der Waals surface area contributed by atoms with Crippen molar-refractivity contribution < 1.29 is 34.1 Å². The molecule has 2 N–H and O–H groups in total. The van der Waals surface area contributed by atoms with Crippen LogP contribution in [0.25, 0.3) is 5.76 Å². The molecule has 1 amide bonds. The molecule has 8 heteroatoms. The molecule has 2 aromatic carbocycles. The van der Waals surface area contributed by atoms with Crippen LogP contribution in [0, 0.1) is 0 Å². The van der Waals surface area contributed by atoms with Crippen molar-refractivity contribution >= 4 is 29.1 Å². The number of amides is 1. The SMILES string of the molecule is COC(=O)C1(O)C(=C(O)c2ccccc2)C(=O)C(=O)N1c1ccc(OC)cc1. The molecule has 3 rings (SSSR count). The Bertz CT molecular complexity index is 966. The Morgan fingerprint density at radius 2 is 1.61 bits per heavy atom. The number of methoxy groups -OCH3 is 2. The van der Waals surface area contributed by atoms with Gasteiger partial charge >= 0.3 is 11.9 Å². The highest BCUT2D eigenvalue weighted by Crippen LogP contribution is 2.40. The lowest BCUT2D eigenvalue weighted by Crippen LogP contribution is -2.54. The quantitative estimate of drug-likeness (QED) is 0.355. The fourth-order valence-electron chi connectivity index (χ4n) is 3.01. The predicted octanol–water partition coefficient (Wildman–Crippen LogP) is 1.44. The Kier molecular flexibility index (Phi) is 4.89. The van der Waals surface area contributed by atoms with E-state index < -0.39 is 34.7 Å². The number of hydrogen-bond donors (Lipinski definition) is 2. The number of anilines is 1. The lowest BCUT2D eigenvalue weighted by molar-refractivity contribution is -0.158. The summed E-state index contributed by atoms with van der Waals surface area (Å²) in [6, 6.07) is 13.5. The largest absolute Gasteiger partial charge is 0.507 e. The second-order valence-corrected chi connectivity index (χ2v) is 5.92. The van der Waals surface area contributed by atoms with Gasteiger partial charge in [0.05, 0.1) is 14.2 Å². The van der Waals surface area contributed by atoms with Crippen molar-refractivity contribution in [3.63, 3.8) is 0 Å². The fraction of sp³-hybridized carbons (Fsp3) is 0.150. The van der Waals surface area contributed by atoms with Gasteiger partial charge < -0.3 is 19.7 Å². The number of nitrogens with zero attached hydrogens (tertiary/aromatic N) is 1. The van der Waals surface area contributed by atoms with Crippen molar-refractivity contribution in [3.8, 4) is 5.75 Å². The van der Waals surface area contributed by atoms with Crippen LogP contribution in [-0.4, -0.2) is 47.8 Å². The van der Waals surface area contributed by atoms with Gasteiger partial charge in [-0.1, -0.05) is 30.3 Å². The van der Waals surface area contributed by atoms with E-state index in [1.165, 1.54) is 43.5 Å². The highest BCUT2D eigenvalue weighted by Gasteiger charge is 2.62. The lowest BCUT2D eigenvalue weighted by atomic mass is 9.97. The Balaban J connectivity index is 2.25. The monoisotopic (exact) mass is 383 g/mol. The van der Waals surface area contributed by atoms with Crippen molar-refractivity contribution in [1.29, 1.82) is 0 Å². The molecule has 1 atom stereocenters.